The molecule has 0 bridgehead atoms. The van der Waals surface area contributed by atoms with Gasteiger partial charge in [0.1, 0.15) is 0 Å². The SMILES string of the molecule is COCCOCCNCCC(N)=O. The summed E-state index contributed by atoms with van der Waals surface area (Å²) in [4.78, 5) is 10.3. The van der Waals surface area contributed by atoms with Crippen LogP contribution in [0.3, 0.4) is 0 Å². The number of carbonyl (C=O) groups is 1. The van der Waals surface area contributed by atoms with Gasteiger partial charge < -0.3 is 20.5 Å². The van der Waals surface area contributed by atoms with Crippen molar-refractivity contribution in [2.45, 2.75) is 6.42 Å². The number of primary amides is 1. The molecule has 13 heavy (non-hydrogen) atoms. The van der Waals surface area contributed by atoms with Crippen LogP contribution in [-0.2, 0) is 14.3 Å². The lowest BCUT2D eigenvalue weighted by Gasteiger charge is -2.04. The van der Waals surface area contributed by atoms with E-state index in [4.69, 9.17) is 15.2 Å². The summed E-state index contributed by atoms with van der Waals surface area (Å²) >= 11 is 0. The molecule has 0 aliphatic carbocycles. The Kier molecular flexibility index (Phi) is 8.97. The molecule has 0 spiro atoms. The van der Waals surface area contributed by atoms with Gasteiger partial charge in [-0.05, 0) is 0 Å². The minimum absolute atomic E-state index is 0.284. The number of carbonyl (C=O) groups excluding carboxylic acids is 1. The first-order valence-corrected chi connectivity index (χ1v) is 4.33. The molecule has 0 heterocycles. The van der Waals surface area contributed by atoms with Crippen LogP contribution in [0, 0.1) is 0 Å². The van der Waals surface area contributed by atoms with Gasteiger partial charge in [-0.1, -0.05) is 0 Å². The number of nitrogens with one attached hydrogen (secondary N) is 1. The molecule has 0 atom stereocenters. The van der Waals surface area contributed by atoms with Gasteiger partial charge in [0.15, 0.2) is 0 Å². The highest BCUT2D eigenvalue weighted by Crippen LogP contribution is 1.76. The molecule has 78 valence electrons. The minimum atomic E-state index is -0.284. The summed E-state index contributed by atoms with van der Waals surface area (Å²) in [7, 11) is 1.63. The first kappa shape index (κ1) is 12.3. The van der Waals surface area contributed by atoms with Gasteiger partial charge in [0.2, 0.25) is 5.91 Å². The average molecular weight is 190 g/mol. The Hall–Kier alpha value is -0.650. The number of methoxy groups -OCH3 is 1. The molecule has 0 aliphatic rings. The number of ether oxygens (including phenoxy) is 2. The standard InChI is InChI=1S/C8H18N2O3/c1-12-6-7-13-5-4-10-3-2-8(9)11/h10H,2-7H2,1H3,(H2,9,11). The summed E-state index contributed by atoms with van der Waals surface area (Å²) in [5, 5.41) is 3.03. The highest BCUT2D eigenvalue weighted by Gasteiger charge is 1.92. The van der Waals surface area contributed by atoms with Crippen LogP contribution in [0.25, 0.3) is 0 Å². The van der Waals surface area contributed by atoms with Crippen molar-refractivity contribution in [3.8, 4) is 0 Å². The van der Waals surface area contributed by atoms with Gasteiger partial charge in [-0.2, -0.15) is 0 Å². The molecule has 5 nitrogen and oxygen atoms in total. The van der Waals surface area contributed by atoms with Crippen molar-refractivity contribution in [1.29, 1.82) is 0 Å². The summed E-state index contributed by atoms with van der Waals surface area (Å²) in [6, 6.07) is 0. The first-order chi connectivity index (χ1) is 6.27. The Morgan fingerprint density at radius 3 is 2.69 bits per heavy atom. The quantitative estimate of drug-likeness (QED) is 0.463. The number of amides is 1. The summed E-state index contributed by atoms with van der Waals surface area (Å²) in [5.74, 6) is -0.284. The molecule has 0 aliphatic heterocycles. The molecule has 0 fully saturated rings. The van der Waals surface area contributed by atoms with E-state index in [0.29, 0.717) is 32.8 Å². The zero-order valence-electron chi connectivity index (χ0n) is 8.04. The smallest absolute Gasteiger partial charge is 0.218 e. The molecule has 5 heteroatoms. The normalized spacial score (nSPS) is 10.2. The fourth-order valence-corrected chi connectivity index (χ4v) is 0.725. The van der Waals surface area contributed by atoms with E-state index in [-0.39, 0.29) is 5.91 Å². The van der Waals surface area contributed by atoms with Gasteiger partial charge in [0.25, 0.3) is 0 Å². The lowest BCUT2D eigenvalue weighted by molar-refractivity contribution is -0.117. The number of hydrogen-bond acceptors (Lipinski definition) is 4. The largest absolute Gasteiger partial charge is 0.382 e. The Bertz CT molecular complexity index is 131. The van der Waals surface area contributed by atoms with Crippen molar-refractivity contribution in [2.75, 3.05) is 40.0 Å². The Balaban J connectivity index is 2.87. The lowest BCUT2D eigenvalue weighted by atomic mass is 10.4. The van der Waals surface area contributed by atoms with Crippen LogP contribution in [0.5, 0.6) is 0 Å². The van der Waals surface area contributed by atoms with Crippen molar-refractivity contribution in [3.63, 3.8) is 0 Å². The molecule has 0 aromatic rings. The summed E-state index contributed by atoms with van der Waals surface area (Å²) in [6.45, 7) is 3.19. The monoisotopic (exact) mass is 190 g/mol. The van der Waals surface area contributed by atoms with E-state index in [0.717, 1.165) is 6.54 Å². The molecular formula is C8H18N2O3. The maximum atomic E-state index is 10.3. The van der Waals surface area contributed by atoms with E-state index in [1.165, 1.54) is 0 Å². The van der Waals surface area contributed by atoms with E-state index < -0.39 is 0 Å². The second-order valence-electron chi connectivity index (χ2n) is 2.57. The topological polar surface area (TPSA) is 73.6 Å². The van der Waals surface area contributed by atoms with Crippen LogP contribution < -0.4 is 11.1 Å². The van der Waals surface area contributed by atoms with Crippen LogP contribution in [0.4, 0.5) is 0 Å². The third kappa shape index (κ3) is 11.3. The highest BCUT2D eigenvalue weighted by molar-refractivity contribution is 5.73. The van der Waals surface area contributed by atoms with Crippen molar-refractivity contribution < 1.29 is 14.3 Å². The van der Waals surface area contributed by atoms with Crippen molar-refractivity contribution >= 4 is 5.91 Å². The van der Waals surface area contributed by atoms with Crippen molar-refractivity contribution in [1.82, 2.24) is 5.32 Å². The maximum Gasteiger partial charge on any atom is 0.218 e. The van der Waals surface area contributed by atoms with Crippen LogP contribution in [0.2, 0.25) is 0 Å². The van der Waals surface area contributed by atoms with Gasteiger partial charge in [-0.3, -0.25) is 4.79 Å². The summed E-state index contributed by atoms with van der Waals surface area (Å²) < 4.78 is 9.97. The Morgan fingerprint density at radius 2 is 2.08 bits per heavy atom. The van der Waals surface area contributed by atoms with Crippen LogP contribution in [-0.4, -0.2) is 45.9 Å². The molecule has 0 rings (SSSR count). The van der Waals surface area contributed by atoms with Crippen LogP contribution in [0.15, 0.2) is 0 Å². The second kappa shape index (κ2) is 9.44. The van der Waals surface area contributed by atoms with Crippen LogP contribution in [0.1, 0.15) is 6.42 Å². The third-order valence-corrected chi connectivity index (χ3v) is 1.40. The molecule has 0 saturated heterocycles. The summed E-state index contributed by atoms with van der Waals surface area (Å²) in [6.07, 6.45) is 0.373. The summed E-state index contributed by atoms with van der Waals surface area (Å²) in [5.41, 5.74) is 4.95. The molecule has 3 N–H and O–H groups in total. The van der Waals surface area contributed by atoms with Gasteiger partial charge in [-0.25, -0.2) is 0 Å². The number of rotatable bonds is 9. The predicted molar refractivity (Wildman–Crippen MR) is 49.4 cm³/mol. The zero-order valence-corrected chi connectivity index (χ0v) is 8.04. The molecule has 0 aromatic carbocycles. The molecule has 0 aromatic heterocycles. The lowest BCUT2D eigenvalue weighted by Crippen LogP contribution is -2.25. The fourth-order valence-electron chi connectivity index (χ4n) is 0.725. The van der Waals surface area contributed by atoms with Crippen molar-refractivity contribution in [3.05, 3.63) is 0 Å². The Morgan fingerprint density at radius 1 is 1.31 bits per heavy atom. The predicted octanol–water partition coefficient (Wildman–Crippen LogP) is -0.886. The van der Waals surface area contributed by atoms with Gasteiger partial charge in [0, 0.05) is 26.6 Å². The third-order valence-electron chi connectivity index (χ3n) is 1.40. The van der Waals surface area contributed by atoms with Gasteiger partial charge >= 0.3 is 0 Å². The van der Waals surface area contributed by atoms with Gasteiger partial charge in [0.05, 0.1) is 19.8 Å². The fraction of sp³-hybridized carbons (Fsp3) is 0.875. The van der Waals surface area contributed by atoms with E-state index in [9.17, 15) is 4.79 Å². The maximum absolute atomic E-state index is 10.3. The van der Waals surface area contributed by atoms with E-state index in [1.807, 2.05) is 0 Å². The average Bonchev–Trinajstić information content (AvgIpc) is 2.09. The highest BCUT2D eigenvalue weighted by atomic mass is 16.5. The second-order valence-corrected chi connectivity index (χ2v) is 2.57. The van der Waals surface area contributed by atoms with Gasteiger partial charge in [-0.15, -0.1) is 0 Å². The molecule has 0 radical (unpaired) electrons. The number of nitrogens with two attached hydrogens (primary N) is 1. The molecule has 1 amide bonds. The molecular weight excluding hydrogens is 172 g/mol. The molecule has 0 unspecified atom stereocenters. The van der Waals surface area contributed by atoms with Crippen LogP contribution >= 0.6 is 0 Å². The Labute approximate surface area is 78.6 Å². The first-order valence-electron chi connectivity index (χ1n) is 4.33. The molecule has 0 saturated carbocycles. The zero-order chi connectivity index (χ0) is 9.94. The van der Waals surface area contributed by atoms with Crippen molar-refractivity contribution in [2.24, 2.45) is 5.73 Å². The number of hydrogen-bond donors (Lipinski definition) is 2. The van der Waals surface area contributed by atoms with E-state index in [2.05, 4.69) is 5.32 Å². The van der Waals surface area contributed by atoms with E-state index >= 15 is 0 Å². The minimum Gasteiger partial charge on any atom is -0.382 e. The van der Waals surface area contributed by atoms with E-state index in [1.54, 1.807) is 7.11 Å².